The third-order valence-corrected chi connectivity index (χ3v) is 3.20. The van der Waals surface area contributed by atoms with Crippen molar-refractivity contribution in [1.82, 2.24) is 15.1 Å². The highest BCUT2D eigenvalue weighted by Crippen LogP contribution is 2.17. The molecule has 0 atom stereocenters. The Morgan fingerprint density at radius 1 is 1.50 bits per heavy atom. The smallest absolute Gasteiger partial charge is 0.270 e. The van der Waals surface area contributed by atoms with Gasteiger partial charge in [0.2, 0.25) is 0 Å². The molecule has 2 rings (SSSR count). The lowest BCUT2D eigenvalue weighted by molar-refractivity contribution is 0.518. The molecule has 1 heterocycles. The minimum absolute atomic E-state index is 0.0103. The van der Waals surface area contributed by atoms with Gasteiger partial charge in [-0.1, -0.05) is 12.8 Å². The summed E-state index contributed by atoms with van der Waals surface area (Å²) >= 11 is 0. The summed E-state index contributed by atoms with van der Waals surface area (Å²) in [6.45, 7) is 2.58. The van der Waals surface area contributed by atoms with Crippen LogP contribution in [-0.4, -0.2) is 15.8 Å². The molecule has 88 valence electrons. The molecule has 0 aliphatic heterocycles. The molecule has 0 unspecified atom stereocenters. The maximum atomic E-state index is 11.8. The van der Waals surface area contributed by atoms with E-state index < -0.39 is 0 Å². The largest absolute Gasteiger partial charge is 0.310 e. The van der Waals surface area contributed by atoms with Crippen LogP contribution < -0.4 is 10.9 Å². The Hall–Kier alpha value is -1.16. The van der Waals surface area contributed by atoms with Crippen LogP contribution in [0.2, 0.25) is 0 Å². The van der Waals surface area contributed by atoms with Crippen LogP contribution in [0, 0.1) is 6.92 Å². The predicted molar refractivity (Wildman–Crippen MR) is 63.3 cm³/mol. The first kappa shape index (κ1) is 11.3. The quantitative estimate of drug-likeness (QED) is 0.832. The van der Waals surface area contributed by atoms with Gasteiger partial charge < -0.3 is 5.32 Å². The lowest BCUT2D eigenvalue weighted by Crippen LogP contribution is -2.31. The van der Waals surface area contributed by atoms with Gasteiger partial charge >= 0.3 is 0 Å². The number of nitrogens with zero attached hydrogens (tertiary/aromatic N) is 2. The Bertz CT molecular complexity index is 419. The van der Waals surface area contributed by atoms with Crippen LogP contribution in [0.15, 0.2) is 10.9 Å². The van der Waals surface area contributed by atoms with Crippen LogP contribution in [0.4, 0.5) is 0 Å². The Kier molecular flexibility index (Phi) is 3.39. The van der Waals surface area contributed by atoms with Crippen molar-refractivity contribution in [2.75, 3.05) is 0 Å². The van der Waals surface area contributed by atoms with Crippen LogP contribution >= 0.6 is 0 Å². The fourth-order valence-corrected chi connectivity index (χ4v) is 2.34. The van der Waals surface area contributed by atoms with Gasteiger partial charge in [0.1, 0.15) is 0 Å². The van der Waals surface area contributed by atoms with Crippen LogP contribution in [-0.2, 0) is 13.6 Å². The van der Waals surface area contributed by atoms with Crippen molar-refractivity contribution in [2.24, 2.45) is 7.05 Å². The number of hydrogen-bond acceptors (Lipinski definition) is 3. The van der Waals surface area contributed by atoms with E-state index in [0.717, 1.165) is 11.3 Å². The highest BCUT2D eigenvalue weighted by atomic mass is 16.1. The highest BCUT2D eigenvalue weighted by molar-refractivity contribution is 5.12. The minimum atomic E-state index is 0.0103. The average Bonchev–Trinajstić information content (AvgIpc) is 2.74. The van der Waals surface area contributed by atoms with Crippen molar-refractivity contribution in [3.8, 4) is 0 Å². The van der Waals surface area contributed by atoms with E-state index in [1.54, 1.807) is 7.05 Å². The van der Waals surface area contributed by atoms with E-state index in [4.69, 9.17) is 0 Å². The third kappa shape index (κ3) is 2.50. The molecule has 1 N–H and O–H groups in total. The van der Waals surface area contributed by atoms with Crippen LogP contribution in [0.1, 0.15) is 36.9 Å². The minimum Gasteiger partial charge on any atom is -0.310 e. The molecule has 0 spiro atoms. The number of aryl methyl sites for hydroxylation is 2. The Morgan fingerprint density at radius 3 is 2.88 bits per heavy atom. The van der Waals surface area contributed by atoms with E-state index in [1.807, 2.05) is 13.0 Å². The molecule has 1 aromatic heterocycles. The van der Waals surface area contributed by atoms with E-state index in [2.05, 4.69) is 10.4 Å². The van der Waals surface area contributed by atoms with Crippen molar-refractivity contribution in [3.05, 3.63) is 27.7 Å². The maximum Gasteiger partial charge on any atom is 0.270 e. The fourth-order valence-electron chi connectivity index (χ4n) is 2.34. The van der Waals surface area contributed by atoms with Crippen LogP contribution in [0.3, 0.4) is 0 Å². The average molecular weight is 221 g/mol. The zero-order valence-corrected chi connectivity index (χ0v) is 9.99. The van der Waals surface area contributed by atoms with E-state index in [9.17, 15) is 4.79 Å². The summed E-state index contributed by atoms with van der Waals surface area (Å²) in [7, 11) is 1.70. The molecular formula is C12H19N3O. The second kappa shape index (κ2) is 4.78. The van der Waals surface area contributed by atoms with Crippen molar-refractivity contribution >= 4 is 0 Å². The number of hydrogen-bond donors (Lipinski definition) is 1. The monoisotopic (exact) mass is 221 g/mol. The zero-order chi connectivity index (χ0) is 11.5. The van der Waals surface area contributed by atoms with Crippen molar-refractivity contribution in [2.45, 2.75) is 45.2 Å². The summed E-state index contributed by atoms with van der Waals surface area (Å²) in [5.41, 5.74) is 1.73. The standard InChI is InChI=1S/C12H19N3O/c1-9-7-10(12(16)15(2)14-9)8-13-11-5-3-4-6-11/h7,11,13H,3-6,8H2,1-2H3. The normalized spacial score (nSPS) is 16.9. The van der Waals surface area contributed by atoms with Crippen molar-refractivity contribution in [3.63, 3.8) is 0 Å². The number of rotatable bonds is 3. The molecule has 4 nitrogen and oxygen atoms in total. The molecule has 1 aliphatic rings. The summed E-state index contributed by atoms with van der Waals surface area (Å²) in [5, 5.41) is 7.54. The summed E-state index contributed by atoms with van der Waals surface area (Å²) in [5.74, 6) is 0. The van der Waals surface area contributed by atoms with Crippen LogP contribution in [0.25, 0.3) is 0 Å². The first-order valence-corrected chi connectivity index (χ1v) is 5.94. The van der Waals surface area contributed by atoms with E-state index >= 15 is 0 Å². The molecule has 1 aromatic rings. The second-order valence-electron chi connectivity index (χ2n) is 4.60. The van der Waals surface area contributed by atoms with Gasteiger partial charge in [-0.05, 0) is 25.8 Å². The Morgan fingerprint density at radius 2 is 2.19 bits per heavy atom. The van der Waals surface area contributed by atoms with Gasteiger partial charge in [-0.3, -0.25) is 4.79 Å². The molecule has 1 saturated carbocycles. The maximum absolute atomic E-state index is 11.8. The van der Waals surface area contributed by atoms with Gasteiger partial charge in [-0.15, -0.1) is 0 Å². The van der Waals surface area contributed by atoms with E-state index in [-0.39, 0.29) is 5.56 Å². The Balaban J connectivity index is 2.05. The number of nitrogens with one attached hydrogen (secondary N) is 1. The zero-order valence-electron chi connectivity index (χ0n) is 9.99. The van der Waals surface area contributed by atoms with E-state index in [0.29, 0.717) is 12.6 Å². The summed E-state index contributed by atoms with van der Waals surface area (Å²) in [4.78, 5) is 11.8. The number of aromatic nitrogens is 2. The molecular weight excluding hydrogens is 202 g/mol. The van der Waals surface area contributed by atoms with Gasteiger partial charge in [-0.25, -0.2) is 4.68 Å². The van der Waals surface area contributed by atoms with Crippen molar-refractivity contribution < 1.29 is 0 Å². The van der Waals surface area contributed by atoms with Gasteiger partial charge in [0.15, 0.2) is 0 Å². The first-order chi connectivity index (χ1) is 7.66. The molecule has 0 bridgehead atoms. The SMILES string of the molecule is Cc1cc(CNC2CCCC2)c(=O)n(C)n1. The predicted octanol–water partition coefficient (Wildman–Crippen LogP) is 1.12. The molecule has 1 fully saturated rings. The highest BCUT2D eigenvalue weighted by Gasteiger charge is 2.14. The molecule has 16 heavy (non-hydrogen) atoms. The summed E-state index contributed by atoms with van der Waals surface area (Å²) < 4.78 is 1.42. The van der Waals surface area contributed by atoms with Gasteiger partial charge in [0, 0.05) is 25.2 Å². The van der Waals surface area contributed by atoms with Gasteiger partial charge in [0.25, 0.3) is 5.56 Å². The van der Waals surface area contributed by atoms with Crippen LogP contribution in [0.5, 0.6) is 0 Å². The molecule has 0 radical (unpaired) electrons. The summed E-state index contributed by atoms with van der Waals surface area (Å²) in [6, 6.07) is 2.47. The van der Waals surface area contributed by atoms with E-state index in [1.165, 1.54) is 30.4 Å². The molecule has 0 amide bonds. The van der Waals surface area contributed by atoms with Gasteiger partial charge in [0.05, 0.1) is 5.69 Å². The Labute approximate surface area is 95.7 Å². The third-order valence-electron chi connectivity index (χ3n) is 3.20. The lowest BCUT2D eigenvalue weighted by atomic mass is 10.2. The van der Waals surface area contributed by atoms with Gasteiger partial charge in [-0.2, -0.15) is 5.10 Å². The molecule has 1 aliphatic carbocycles. The molecule has 0 aromatic carbocycles. The first-order valence-electron chi connectivity index (χ1n) is 5.94. The lowest BCUT2D eigenvalue weighted by Gasteiger charge is -2.12. The summed E-state index contributed by atoms with van der Waals surface area (Å²) in [6.07, 6.45) is 5.10. The van der Waals surface area contributed by atoms with Crippen molar-refractivity contribution in [1.29, 1.82) is 0 Å². The topological polar surface area (TPSA) is 46.9 Å². The fraction of sp³-hybridized carbons (Fsp3) is 0.667. The molecule has 4 heteroatoms. The molecule has 0 saturated heterocycles. The second-order valence-corrected chi connectivity index (χ2v) is 4.60.